The Bertz CT molecular complexity index is 597. The number of aromatic amines is 1. The van der Waals surface area contributed by atoms with Crippen molar-refractivity contribution in [2.45, 2.75) is 30.2 Å². The third-order valence-electron chi connectivity index (χ3n) is 2.10. The summed E-state index contributed by atoms with van der Waals surface area (Å²) in [5, 5.41) is 9.55. The Morgan fingerprint density at radius 1 is 1.30 bits per heavy atom. The van der Waals surface area contributed by atoms with Crippen LogP contribution in [0.25, 0.3) is 0 Å². The van der Waals surface area contributed by atoms with E-state index in [4.69, 9.17) is 0 Å². The number of hydrogen-bond acceptors (Lipinski definition) is 6. The van der Waals surface area contributed by atoms with Gasteiger partial charge >= 0.3 is 6.18 Å². The third kappa shape index (κ3) is 3.59. The van der Waals surface area contributed by atoms with Crippen molar-refractivity contribution in [1.29, 1.82) is 0 Å². The average molecular weight is 304 g/mol. The van der Waals surface area contributed by atoms with Gasteiger partial charge in [-0.15, -0.1) is 5.10 Å². The van der Waals surface area contributed by atoms with Gasteiger partial charge in [0, 0.05) is 12.6 Å². The van der Waals surface area contributed by atoms with Crippen molar-refractivity contribution < 1.29 is 13.2 Å². The Morgan fingerprint density at radius 3 is 2.60 bits per heavy atom. The average Bonchev–Trinajstić information content (AvgIpc) is 2.74. The number of nitrogens with zero attached hydrogens (tertiary/aromatic N) is 4. The van der Waals surface area contributed by atoms with Crippen LogP contribution in [0.15, 0.2) is 16.2 Å². The summed E-state index contributed by atoms with van der Waals surface area (Å²) in [5.74, 6) is 0.501. The molecule has 2 rings (SSSR count). The monoisotopic (exact) mass is 304 g/mol. The normalized spacial score (nSPS) is 11.7. The first-order chi connectivity index (χ1) is 9.38. The molecule has 20 heavy (non-hydrogen) atoms. The van der Waals surface area contributed by atoms with E-state index in [1.165, 1.54) is 0 Å². The summed E-state index contributed by atoms with van der Waals surface area (Å²) in [6.07, 6.45) is -4.53. The van der Waals surface area contributed by atoms with Gasteiger partial charge in [0.2, 0.25) is 11.1 Å². The van der Waals surface area contributed by atoms with Crippen LogP contribution in [-0.2, 0) is 6.18 Å². The van der Waals surface area contributed by atoms with E-state index in [0.29, 0.717) is 17.5 Å². The SMILES string of the molecule is CCNc1nc(Sc2n[nH]c(C)n2)cc(C(F)(F)F)n1. The molecule has 2 aromatic heterocycles. The lowest BCUT2D eigenvalue weighted by molar-refractivity contribution is -0.141. The Morgan fingerprint density at radius 2 is 2.05 bits per heavy atom. The number of nitrogens with one attached hydrogen (secondary N) is 2. The van der Waals surface area contributed by atoms with E-state index in [-0.39, 0.29) is 11.0 Å². The summed E-state index contributed by atoms with van der Waals surface area (Å²) in [7, 11) is 0. The van der Waals surface area contributed by atoms with Gasteiger partial charge in [-0.05, 0) is 25.6 Å². The van der Waals surface area contributed by atoms with Crippen molar-refractivity contribution >= 4 is 17.7 Å². The molecule has 0 spiro atoms. The molecule has 0 aliphatic rings. The molecule has 0 aliphatic carbocycles. The zero-order valence-corrected chi connectivity index (χ0v) is 11.4. The number of anilines is 1. The lowest BCUT2D eigenvalue weighted by Gasteiger charge is -2.09. The molecule has 108 valence electrons. The fraction of sp³-hybridized carbons (Fsp3) is 0.400. The molecular weight excluding hydrogens is 293 g/mol. The number of halogens is 3. The summed E-state index contributed by atoms with van der Waals surface area (Å²) in [4.78, 5) is 11.4. The van der Waals surface area contributed by atoms with Crippen LogP contribution in [0.3, 0.4) is 0 Å². The minimum Gasteiger partial charge on any atom is -0.354 e. The molecular formula is C10H11F3N6S. The number of rotatable bonds is 4. The van der Waals surface area contributed by atoms with Gasteiger partial charge in [-0.25, -0.2) is 15.0 Å². The van der Waals surface area contributed by atoms with E-state index in [1.54, 1.807) is 13.8 Å². The van der Waals surface area contributed by atoms with Crippen LogP contribution < -0.4 is 5.32 Å². The summed E-state index contributed by atoms with van der Waals surface area (Å²) in [6.45, 7) is 3.86. The van der Waals surface area contributed by atoms with E-state index >= 15 is 0 Å². The zero-order chi connectivity index (χ0) is 14.8. The molecule has 0 bridgehead atoms. The smallest absolute Gasteiger partial charge is 0.354 e. The summed E-state index contributed by atoms with van der Waals surface area (Å²) in [6, 6.07) is 0.872. The van der Waals surface area contributed by atoms with Crippen molar-refractivity contribution in [3.8, 4) is 0 Å². The minimum absolute atomic E-state index is 0.0721. The molecule has 0 unspecified atom stereocenters. The van der Waals surface area contributed by atoms with Gasteiger partial charge in [0.1, 0.15) is 10.9 Å². The summed E-state index contributed by atoms with van der Waals surface area (Å²) < 4.78 is 38.3. The predicted octanol–water partition coefficient (Wildman–Crippen LogP) is 2.50. The van der Waals surface area contributed by atoms with E-state index in [2.05, 4.69) is 30.5 Å². The molecule has 0 aliphatic heterocycles. The Labute approximate surface area is 116 Å². The Kier molecular flexibility index (Phi) is 4.12. The predicted molar refractivity (Wildman–Crippen MR) is 66.4 cm³/mol. The van der Waals surface area contributed by atoms with Crippen molar-refractivity contribution in [2.75, 3.05) is 11.9 Å². The molecule has 2 aromatic rings. The van der Waals surface area contributed by atoms with Crippen molar-refractivity contribution in [3.63, 3.8) is 0 Å². The second-order valence-electron chi connectivity index (χ2n) is 3.75. The highest BCUT2D eigenvalue weighted by Crippen LogP contribution is 2.32. The first-order valence-electron chi connectivity index (χ1n) is 5.65. The van der Waals surface area contributed by atoms with Gasteiger partial charge in [0.05, 0.1) is 0 Å². The topological polar surface area (TPSA) is 79.4 Å². The van der Waals surface area contributed by atoms with Crippen molar-refractivity contribution in [1.82, 2.24) is 25.1 Å². The van der Waals surface area contributed by atoms with Crippen LogP contribution in [0.5, 0.6) is 0 Å². The van der Waals surface area contributed by atoms with Crippen LogP contribution in [0, 0.1) is 6.92 Å². The van der Waals surface area contributed by atoms with E-state index in [9.17, 15) is 13.2 Å². The number of hydrogen-bond donors (Lipinski definition) is 2. The fourth-order valence-electron chi connectivity index (χ4n) is 1.32. The van der Waals surface area contributed by atoms with E-state index in [1.807, 2.05) is 0 Å². The summed E-state index contributed by atoms with van der Waals surface area (Å²) in [5.41, 5.74) is -1.00. The molecule has 0 saturated carbocycles. The highest BCUT2D eigenvalue weighted by Gasteiger charge is 2.33. The number of H-pyrrole nitrogens is 1. The number of aromatic nitrogens is 5. The Balaban J connectivity index is 2.33. The standard InChI is InChI=1S/C10H11F3N6S/c1-3-14-8-16-6(10(11,12)13)4-7(17-8)20-9-15-5(2)18-19-9/h4H,3H2,1-2H3,(H,14,16,17)(H,15,18,19). The molecule has 0 amide bonds. The minimum atomic E-state index is -4.53. The van der Waals surface area contributed by atoms with Gasteiger partial charge in [-0.3, -0.25) is 5.10 Å². The van der Waals surface area contributed by atoms with Crippen LogP contribution in [-0.4, -0.2) is 31.7 Å². The number of alkyl halides is 3. The van der Waals surface area contributed by atoms with E-state index < -0.39 is 11.9 Å². The molecule has 0 atom stereocenters. The molecule has 0 saturated heterocycles. The van der Waals surface area contributed by atoms with Crippen molar-refractivity contribution in [3.05, 3.63) is 17.6 Å². The van der Waals surface area contributed by atoms with Crippen LogP contribution in [0.1, 0.15) is 18.4 Å². The fourth-order valence-corrected chi connectivity index (χ4v) is 2.08. The highest BCUT2D eigenvalue weighted by molar-refractivity contribution is 7.99. The van der Waals surface area contributed by atoms with Crippen LogP contribution in [0.2, 0.25) is 0 Å². The zero-order valence-electron chi connectivity index (χ0n) is 10.6. The van der Waals surface area contributed by atoms with Gasteiger partial charge in [-0.1, -0.05) is 0 Å². The summed E-state index contributed by atoms with van der Waals surface area (Å²) >= 11 is 0.934. The van der Waals surface area contributed by atoms with Gasteiger partial charge in [0.15, 0.2) is 5.69 Å². The largest absolute Gasteiger partial charge is 0.433 e. The molecule has 0 aromatic carbocycles. The Hall–Kier alpha value is -1.84. The lowest BCUT2D eigenvalue weighted by Crippen LogP contribution is -2.12. The molecule has 0 radical (unpaired) electrons. The van der Waals surface area contributed by atoms with Gasteiger partial charge in [0.25, 0.3) is 0 Å². The molecule has 2 heterocycles. The highest BCUT2D eigenvalue weighted by atomic mass is 32.2. The lowest BCUT2D eigenvalue weighted by atomic mass is 10.4. The van der Waals surface area contributed by atoms with Crippen molar-refractivity contribution in [2.24, 2.45) is 0 Å². The molecule has 10 heteroatoms. The van der Waals surface area contributed by atoms with E-state index in [0.717, 1.165) is 17.8 Å². The second kappa shape index (κ2) is 5.65. The maximum Gasteiger partial charge on any atom is 0.433 e. The maximum atomic E-state index is 12.8. The van der Waals surface area contributed by atoms with Gasteiger partial charge < -0.3 is 5.32 Å². The molecule has 0 fully saturated rings. The molecule has 6 nitrogen and oxygen atoms in total. The third-order valence-corrected chi connectivity index (χ3v) is 2.88. The quantitative estimate of drug-likeness (QED) is 0.845. The van der Waals surface area contributed by atoms with Crippen LogP contribution >= 0.6 is 11.8 Å². The first-order valence-corrected chi connectivity index (χ1v) is 6.47. The number of aryl methyl sites for hydroxylation is 1. The van der Waals surface area contributed by atoms with Gasteiger partial charge in [-0.2, -0.15) is 13.2 Å². The second-order valence-corrected chi connectivity index (χ2v) is 4.74. The molecule has 2 N–H and O–H groups in total. The van der Waals surface area contributed by atoms with Crippen LogP contribution in [0.4, 0.5) is 19.1 Å². The maximum absolute atomic E-state index is 12.8. The first kappa shape index (κ1) is 14.6.